The molecule has 4 unspecified atom stereocenters. The van der Waals surface area contributed by atoms with Crippen molar-refractivity contribution in [2.75, 3.05) is 13.2 Å². The van der Waals surface area contributed by atoms with E-state index >= 15 is 0 Å². The summed E-state index contributed by atoms with van der Waals surface area (Å²) in [4.78, 5) is 39.5. The Labute approximate surface area is 150 Å². The lowest BCUT2D eigenvalue weighted by molar-refractivity contribution is -0.151. The predicted octanol–water partition coefficient (Wildman–Crippen LogP) is -1.20. The first-order valence-electron chi connectivity index (χ1n) is 9.13. The second-order valence-electron chi connectivity index (χ2n) is 7.32. The molecule has 8 nitrogen and oxygen atoms in total. The third-order valence-corrected chi connectivity index (χ3v) is 5.90. The van der Waals surface area contributed by atoms with Crippen LogP contribution >= 0.6 is 0 Å². The lowest BCUT2D eigenvalue weighted by Gasteiger charge is -2.31. The van der Waals surface area contributed by atoms with Crippen LogP contribution < -0.4 is 10.6 Å². The smallest absolute Gasteiger partial charge is 0.258 e. The Morgan fingerprint density at radius 2 is 2.08 bits per heavy atom. The van der Waals surface area contributed by atoms with Crippen LogP contribution in [0.5, 0.6) is 0 Å². The fourth-order valence-corrected chi connectivity index (χ4v) is 4.59. The Morgan fingerprint density at radius 3 is 2.81 bits per heavy atom. The van der Waals surface area contributed by atoms with Crippen LogP contribution in [0.3, 0.4) is 0 Å². The second kappa shape index (κ2) is 6.29. The van der Waals surface area contributed by atoms with Crippen LogP contribution in [0.2, 0.25) is 0 Å². The average Bonchev–Trinajstić information content (AvgIpc) is 3.23. The SMILES string of the molecule is O=C1N[C@@H](O)CCC1N1C(=O)C2=CC=CC3C(NCCCCO)C23C1=O. The fraction of sp³-hybridized carbons (Fsp3) is 0.611. The number of allylic oxidation sites excluding steroid dienone is 2. The minimum Gasteiger partial charge on any atom is -0.396 e. The summed E-state index contributed by atoms with van der Waals surface area (Å²) in [6.45, 7) is 0.780. The molecule has 1 spiro atoms. The number of nitrogens with one attached hydrogen (secondary N) is 2. The largest absolute Gasteiger partial charge is 0.396 e. The topological polar surface area (TPSA) is 119 Å². The normalized spacial score (nSPS) is 38.0. The van der Waals surface area contributed by atoms with Gasteiger partial charge in [0.2, 0.25) is 11.8 Å². The molecule has 3 fully saturated rings. The van der Waals surface area contributed by atoms with E-state index in [4.69, 9.17) is 5.11 Å². The quantitative estimate of drug-likeness (QED) is 0.348. The van der Waals surface area contributed by atoms with E-state index in [0.29, 0.717) is 25.0 Å². The molecule has 0 aromatic heterocycles. The average molecular weight is 361 g/mol. The molecule has 4 aliphatic rings. The number of unbranched alkanes of at least 4 members (excludes halogenated alkanes) is 1. The highest BCUT2D eigenvalue weighted by Gasteiger charge is 2.77. The van der Waals surface area contributed by atoms with Gasteiger partial charge in [-0.1, -0.05) is 18.2 Å². The van der Waals surface area contributed by atoms with E-state index in [-0.39, 0.29) is 30.9 Å². The number of amides is 3. The molecule has 26 heavy (non-hydrogen) atoms. The molecule has 1 saturated carbocycles. The Balaban J connectivity index is 1.56. The summed E-state index contributed by atoms with van der Waals surface area (Å²) in [5.41, 5.74) is -0.449. The standard InChI is InChI=1S/C18H23N3O5/c22-9-2-1-8-19-14-10-4-3-5-11-16(25)21(17(26)18(10,11)14)12-6-7-13(23)20-15(12)24/h3-5,10,12-14,19,22-23H,1-2,6-9H2,(H,20,24)/t10?,12?,13-,14?,18?/m0/s1. The maximum absolute atomic E-state index is 13.2. The molecule has 0 aromatic carbocycles. The Morgan fingerprint density at radius 1 is 1.27 bits per heavy atom. The van der Waals surface area contributed by atoms with E-state index in [2.05, 4.69) is 10.6 Å². The molecular formula is C18H23N3O5. The summed E-state index contributed by atoms with van der Waals surface area (Å²) in [6, 6.07) is -1.03. The lowest BCUT2D eigenvalue weighted by atomic mass is 9.91. The van der Waals surface area contributed by atoms with E-state index in [0.717, 1.165) is 11.3 Å². The van der Waals surface area contributed by atoms with Gasteiger partial charge in [0, 0.05) is 24.1 Å². The van der Waals surface area contributed by atoms with Gasteiger partial charge in [-0.3, -0.25) is 19.3 Å². The summed E-state index contributed by atoms with van der Waals surface area (Å²) in [6.07, 6.45) is 6.53. The van der Waals surface area contributed by atoms with Crippen molar-refractivity contribution in [2.24, 2.45) is 11.3 Å². The highest BCUT2D eigenvalue weighted by atomic mass is 16.3. The minimum absolute atomic E-state index is 0.0877. The first-order valence-corrected chi connectivity index (χ1v) is 9.13. The number of aliphatic hydroxyl groups excluding tert-OH is 2. The molecule has 0 aromatic rings. The molecule has 2 saturated heterocycles. The van der Waals surface area contributed by atoms with Crippen LogP contribution in [0.25, 0.3) is 0 Å². The van der Waals surface area contributed by atoms with Crippen molar-refractivity contribution in [3.63, 3.8) is 0 Å². The zero-order valence-electron chi connectivity index (χ0n) is 14.4. The summed E-state index contributed by atoms with van der Waals surface area (Å²) >= 11 is 0. The first-order chi connectivity index (χ1) is 12.5. The van der Waals surface area contributed by atoms with E-state index in [1.54, 1.807) is 12.2 Å². The number of carbonyl (C=O) groups is 3. The van der Waals surface area contributed by atoms with Gasteiger partial charge >= 0.3 is 0 Å². The molecule has 8 heteroatoms. The highest BCUT2D eigenvalue weighted by molar-refractivity contribution is 6.21. The molecule has 5 atom stereocenters. The zero-order valence-corrected chi connectivity index (χ0v) is 14.4. The molecule has 2 heterocycles. The van der Waals surface area contributed by atoms with E-state index < -0.39 is 29.5 Å². The summed E-state index contributed by atoms with van der Waals surface area (Å²) < 4.78 is 0. The van der Waals surface area contributed by atoms with Crippen molar-refractivity contribution in [3.05, 3.63) is 23.8 Å². The number of piperidine rings is 1. The van der Waals surface area contributed by atoms with Crippen LogP contribution in [0.15, 0.2) is 23.8 Å². The number of aliphatic hydroxyl groups is 2. The van der Waals surface area contributed by atoms with Crippen LogP contribution in [0, 0.1) is 11.3 Å². The molecule has 0 bridgehead atoms. The van der Waals surface area contributed by atoms with Gasteiger partial charge in [-0.15, -0.1) is 0 Å². The van der Waals surface area contributed by atoms with Crippen molar-refractivity contribution in [3.8, 4) is 0 Å². The second-order valence-corrected chi connectivity index (χ2v) is 7.32. The Kier molecular flexibility index (Phi) is 4.21. The maximum atomic E-state index is 13.2. The monoisotopic (exact) mass is 361 g/mol. The number of rotatable bonds is 6. The van der Waals surface area contributed by atoms with Crippen LogP contribution in [-0.2, 0) is 14.4 Å². The molecule has 3 amide bonds. The fourth-order valence-electron chi connectivity index (χ4n) is 4.59. The van der Waals surface area contributed by atoms with E-state index in [1.165, 1.54) is 0 Å². The van der Waals surface area contributed by atoms with Gasteiger partial charge in [-0.2, -0.15) is 0 Å². The predicted molar refractivity (Wildman–Crippen MR) is 90.3 cm³/mol. The van der Waals surface area contributed by atoms with Gasteiger partial charge in [0.05, 0.1) is 0 Å². The van der Waals surface area contributed by atoms with Crippen molar-refractivity contribution in [1.82, 2.24) is 15.5 Å². The number of nitrogens with zero attached hydrogens (tertiary/aromatic N) is 1. The van der Waals surface area contributed by atoms with Crippen LogP contribution in [-0.4, -0.2) is 64.3 Å². The van der Waals surface area contributed by atoms with Gasteiger partial charge in [0.15, 0.2) is 0 Å². The zero-order chi connectivity index (χ0) is 18.5. The van der Waals surface area contributed by atoms with E-state index in [1.807, 2.05) is 6.08 Å². The molecule has 140 valence electrons. The molecule has 2 aliphatic carbocycles. The number of carbonyl (C=O) groups excluding carboxylic acids is 3. The van der Waals surface area contributed by atoms with Crippen LogP contribution in [0.4, 0.5) is 0 Å². The Hall–Kier alpha value is -2.03. The number of likely N-dealkylation sites (tertiary alicyclic amines) is 1. The van der Waals surface area contributed by atoms with Crippen LogP contribution in [0.1, 0.15) is 25.7 Å². The summed E-state index contributed by atoms with van der Waals surface area (Å²) in [5, 5.41) is 24.2. The van der Waals surface area contributed by atoms with Gasteiger partial charge in [-0.05, 0) is 32.2 Å². The third kappa shape index (κ3) is 2.29. The Bertz CT molecular complexity index is 718. The van der Waals surface area contributed by atoms with Gasteiger partial charge < -0.3 is 20.8 Å². The molecule has 4 N–H and O–H groups in total. The number of imide groups is 1. The van der Waals surface area contributed by atoms with Crippen molar-refractivity contribution in [2.45, 2.75) is 44.0 Å². The molecule has 2 aliphatic heterocycles. The third-order valence-electron chi connectivity index (χ3n) is 5.90. The first kappa shape index (κ1) is 17.4. The molecular weight excluding hydrogens is 338 g/mol. The highest BCUT2D eigenvalue weighted by Crippen LogP contribution is 2.64. The number of hydrogen-bond acceptors (Lipinski definition) is 6. The van der Waals surface area contributed by atoms with Crippen molar-refractivity contribution < 1.29 is 24.6 Å². The van der Waals surface area contributed by atoms with Gasteiger partial charge in [0.1, 0.15) is 17.7 Å². The lowest BCUT2D eigenvalue weighted by Crippen LogP contribution is -2.56. The summed E-state index contributed by atoms with van der Waals surface area (Å²) in [7, 11) is 0. The van der Waals surface area contributed by atoms with Crippen molar-refractivity contribution in [1.29, 1.82) is 0 Å². The van der Waals surface area contributed by atoms with Crippen molar-refractivity contribution >= 4 is 17.7 Å². The minimum atomic E-state index is -0.928. The summed E-state index contributed by atoms with van der Waals surface area (Å²) in [5.74, 6) is -1.30. The van der Waals surface area contributed by atoms with Gasteiger partial charge in [0.25, 0.3) is 5.91 Å². The maximum Gasteiger partial charge on any atom is 0.258 e. The molecule has 0 radical (unpaired) electrons. The molecule has 4 rings (SSSR count). The van der Waals surface area contributed by atoms with Gasteiger partial charge in [-0.25, -0.2) is 0 Å². The van der Waals surface area contributed by atoms with E-state index in [9.17, 15) is 19.5 Å². The number of hydrogen-bond donors (Lipinski definition) is 4.